The normalized spacial score (nSPS) is 13.7. The van der Waals surface area contributed by atoms with Crippen molar-refractivity contribution in [2.45, 2.75) is 131 Å². The van der Waals surface area contributed by atoms with Gasteiger partial charge in [-0.05, 0) is 156 Å². The number of para-hydroxylation sites is 2. The first-order valence-corrected chi connectivity index (χ1v) is 27.0. The SMILES string of the molecule is CC(C)(C)c1ccc(-c2nc3cc4c(cc3o2)N(c2cc(C(C)(C)C)cc(C(C)(C)C)c2)c2cc(N(c3ccccc3)c3ccccc3)cc3c2B4c2cc(C(C)(C)C)ccc2N3c2ccc(C(C)(C)C)cc2)cc1. The Morgan fingerprint density at radius 1 is 0.387 bits per heavy atom. The summed E-state index contributed by atoms with van der Waals surface area (Å²) in [5.74, 6) is 0.620. The maximum absolute atomic E-state index is 6.95. The Kier molecular flexibility index (Phi) is 11.7. The molecule has 9 aromatic rings. The summed E-state index contributed by atoms with van der Waals surface area (Å²) in [6, 6.07) is 63.8. The molecule has 75 heavy (non-hydrogen) atoms. The lowest BCUT2D eigenvalue weighted by Gasteiger charge is -2.45. The van der Waals surface area contributed by atoms with Gasteiger partial charge in [-0.15, -0.1) is 0 Å². The molecule has 378 valence electrons. The predicted octanol–water partition coefficient (Wildman–Crippen LogP) is 17.5. The van der Waals surface area contributed by atoms with Crippen LogP contribution >= 0.6 is 0 Å². The molecule has 2 aliphatic rings. The van der Waals surface area contributed by atoms with Gasteiger partial charge in [0.05, 0.1) is 5.69 Å². The van der Waals surface area contributed by atoms with Crippen molar-refractivity contribution in [1.29, 1.82) is 0 Å². The molecule has 0 aliphatic carbocycles. The maximum atomic E-state index is 6.95. The summed E-state index contributed by atoms with van der Waals surface area (Å²) in [6.45, 7) is 34.5. The molecular formula is C69H73BN4O. The van der Waals surface area contributed by atoms with Crippen molar-refractivity contribution >= 4 is 85.4 Å². The largest absolute Gasteiger partial charge is 0.436 e. The fourth-order valence-corrected chi connectivity index (χ4v) is 11.1. The molecule has 3 heterocycles. The molecule has 0 radical (unpaired) electrons. The zero-order chi connectivity index (χ0) is 53.1. The van der Waals surface area contributed by atoms with Crippen LogP contribution in [0, 0.1) is 0 Å². The number of rotatable bonds is 6. The van der Waals surface area contributed by atoms with Gasteiger partial charge < -0.3 is 19.1 Å². The highest BCUT2D eigenvalue weighted by molar-refractivity contribution is 7.00. The molecule has 0 saturated heterocycles. The quantitative estimate of drug-likeness (QED) is 0.155. The highest BCUT2D eigenvalue weighted by Crippen LogP contribution is 2.50. The highest BCUT2D eigenvalue weighted by Gasteiger charge is 2.45. The van der Waals surface area contributed by atoms with E-state index in [9.17, 15) is 0 Å². The van der Waals surface area contributed by atoms with Gasteiger partial charge in [-0.3, -0.25) is 0 Å². The molecule has 8 aromatic carbocycles. The molecule has 0 atom stereocenters. The number of aromatic nitrogens is 1. The van der Waals surface area contributed by atoms with Crippen LogP contribution in [-0.2, 0) is 27.1 Å². The van der Waals surface area contributed by atoms with Crippen molar-refractivity contribution in [3.8, 4) is 11.5 Å². The van der Waals surface area contributed by atoms with Crippen LogP contribution in [0.3, 0.4) is 0 Å². The zero-order valence-electron chi connectivity index (χ0n) is 46.9. The third-order valence-corrected chi connectivity index (χ3v) is 15.6. The van der Waals surface area contributed by atoms with Gasteiger partial charge in [0, 0.05) is 57.1 Å². The van der Waals surface area contributed by atoms with E-state index in [-0.39, 0.29) is 33.8 Å². The average molecular weight is 985 g/mol. The van der Waals surface area contributed by atoms with Gasteiger partial charge in [0.15, 0.2) is 5.58 Å². The number of hydrogen-bond donors (Lipinski definition) is 0. The Morgan fingerprint density at radius 3 is 1.36 bits per heavy atom. The molecule has 0 unspecified atom stereocenters. The highest BCUT2D eigenvalue weighted by atomic mass is 16.3. The summed E-state index contributed by atoms with van der Waals surface area (Å²) in [5, 5.41) is 0. The van der Waals surface area contributed by atoms with E-state index in [0.29, 0.717) is 5.89 Å². The van der Waals surface area contributed by atoms with E-state index in [1.165, 1.54) is 49.9 Å². The summed E-state index contributed by atoms with van der Waals surface area (Å²) in [5.41, 5.74) is 22.4. The minimum atomic E-state index is -0.150. The van der Waals surface area contributed by atoms with E-state index in [0.717, 1.165) is 62.2 Å². The molecule has 1 aromatic heterocycles. The number of oxazole rings is 1. The summed E-state index contributed by atoms with van der Waals surface area (Å²) < 4.78 is 6.95. The van der Waals surface area contributed by atoms with Gasteiger partial charge in [0.1, 0.15) is 5.52 Å². The van der Waals surface area contributed by atoms with E-state index >= 15 is 0 Å². The molecule has 5 nitrogen and oxygen atoms in total. The van der Waals surface area contributed by atoms with E-state index < -0.39 is 0 Å². The third kappa shape index (κ3) is 9.04. The minimum Gasteiger partial charge on any atom is -0.436 e. The van der Waals surface area contributed by atoms with Crippen LogP contribution in [0.4, 0.5) is 51.2 Å². The zero-order valence-corrected chi connectivity index (χ0v) is 46.9. The summed E-state index contributed by atoms with van der Waals surface area (Å²) >= 11 is 0. The van der Waals surface area contributed by atoms with Crippen molar-refractivity contribution in [1.82, 2.24) is 4.98 Å². The van der Waals surface area contributed by atoms with Crippen molar-refractivity contribution in [2.24, 2.45) is 0 Å². The molecule has 0 fully saturated rings. The van der Waals surface area contributed by atoms with E-state index in [2.05, 4.69) is 288 Å². The van der Waals surface area contributed by atoms with Gasteiger partial charge in [0.25, 0.3) is 6.71 Å². The van der Waals surface area contributed by atoms with Crippen LogP contribution in [0.1, 0.15) is 132 Å². The van der Waals surface area contributed by atoms with Gasteiger partial charge in [-0.1, -0.05) is 183 Å². The summed E-state index contributed by atoms with van der Waals surface area (Å²) in [7, 11) is 0. The third-order valence-electron chi connectivity index (χ3n) is 15.6. The summed E-state index contributed by atoms with van der Waals surface area (Å²) in [6.07, 6.45) is 0. The van der Waals surface area contributed by atoms with Gasteiger partial charge in [-0.25, -0.2) is 4.98 Å². The smallest absolute Gasteiger partial charge is 0.252 e. The van der Waals surface area contributed by atoms with Gasteiger partial charge in [0.2, 0.25) is 5.89 Å². The van der Waals surface area contributed by atoms with E-state index in [1.807, 2.05) is 0 Å². The molecule has 6 heteroatoms. The predicted molar refractivity (Wildman–Crippen MR) is 322 cm³/mol. The molecule has 2 aliphatic heterocycles. The number of benzene rings is 8. The molecule has 0 amide bonds. The van der Waals surface area contributed by atoms with E-state index in [1.54, 1.807) is 0 Å². The second-order valence-corrected chi connectivity index (χ2v) is 26.3. The Labute approximate surface area is 447 Å². The Hall–Kier alpha value is -7.31. The minimum absolute atomic E-state index is 0.00407. The first kappa shape index (κ1) is 49.9. The molecule has 0 saturated carbocycles. The van der Waals surface area contributed by atoms with Crippen molar-refractivity contribution < 1.29 is 4.42 Å². The second-order valence-electron chi connectivity index (χ2n) is 26.3. The topological polar surface area (TPSA) is 35.8 Å². The standard InChI is InChI=1S/C69H73BN4O/c1-65(2,3)45-28-26-44(27-29-45)64-71-57-42-56-59(43-62(57)75-64)74(53-37-48(68(10,11)12)36-49(38-53)69(13,14)15)61-41-54(72(50-22-18-16-19-23-50)51-24-20-17-21-25-51)40-60-63(61)70(56)55-39-47(67(7,8)9)32-35-58(55)73(60)52-33-30-46(31-34-52)66(4,5)6/h16-43H,1-15H3. The number of nitrogens with zero attached hydrogens (tertiary/aromatic N) is 4. The molecule has 11 rings (SSSR count). The first-order valence-electron chi connectivity index (χ1n) is 27.0. The van der Waals surface area contributed by atoms with Crippen molar-refractivity contribution in [3.05, 3.63) is 198 Å². The molecular weight excluding hydrogens is 912 g/mol. The van der Waals surface area contributed by atoms with Crippen LogP contribution in [0.2, 0.25) is 0 Å². The Morgan fingerprint density at radius 2 is 0.853 bits per heavy atom. The monoisotopic (exact) mass is 985 g/mol. The number of fused-ring (bicyclic) bond motifs is 5. The lowest BCUT2D eigenvalue weighted by atomic mass is 9.33. The first-order chi connectivity index (χ1) is 35.3. The maximum Gasteiger partial charge on any atom is 0.252 e. The van der Waals surface area contributed by atoms with Crippen LogP contribution in [0.5, 0.6) is 0 Å². The van der Waals surface area contributed by atoms with Crippen LogP contribution in [0.25, 0.3) is 22.6 Å². The van der Waals surface area contributed by atoms with Gasteiger partial charge >= 0.3 is 0 Å². The fourth-order valence-electron chi connectivity index (χ4n) is 11.1. The number of hydrogen-bond acceptors (Lipinski definition) is 5. The summed E-state index contributed by atoms with van der Waals surface area (Å²) in [4.78, 5) is 12.9. The lowest BCUT2D eigenvalue weighted by Crippen LogP contribution is -2.61. The van der Waals surface area contributed by atoms with Crippen molar-refractivity contribution in [3.63, 3.8) is 0 Å². The van der Waals surface area contributed by atoms with Crippen LogP contribution in [0.15, 0.2) is 174 Å². The Balaban J connectivity index is 1.29. The van der Waals surface area contributed by atoms with Crippen LogP contribution < -0.4 is 31.1 Å². The second kappa shape index (κ2) is 17.7. The molecule has 0 spiro atoms. The fraction of sp³-hybridized carbons (Fsp3) is 0.290. The van der Waals surface area contributed by atoms with Crippen molar-refractivity contribution in [2.75, 3.05) is 14.7 Å². The van der Waals surface area contributed by atoms with E-state index in [4.69, 9.17) is 9.40 Å². The molecule has 0 N–H and O–H groups in total. The average Bonchev–Trinajstić information content (AvgIpc) is 3.78. The molecule has 0 bridgehead atoms. The van der Waals surface area contributed by atoms with Crippen LogP contribution in [-0.4, -0.2) is 11.7 Å². The van der Waals surface area contributed by atoms with Gasteiger partial charge in [-0.2, -0.15) is 0 Å². The Bertz CT molecular complexity index is 3540. The lowest BCUT2D eigenvalue weighted by molar-refractivity contribution is 0.568. The number of anilines is 9.